The molecule has 1 saturated heterocycles. The lowest BCUT2D eigenvalue weighted by Crippen LogP contribution is -2.26. The zero-order valence-corrected chi connectivity index (χ0v) is 15.8. The molecule has 3 rings (SSSR count). The zero-order chi connectivity index (χ0) is 20.1. The number of hydrogen-bond acceptors (Lipinski definition) is 5. The Hall–Kier alpha value is -3.35. The van der Waals surface area contributed by atoms with E-state index in [1.54, 1.807) is 29.2 Å². The molecule has 0 spiro atoms. The number of anilines is 1. The van der Waals surface area contributed by atoms with Gasteiger partial charge in [0.2, 0.25) is 11.8 Å². The molecule has 7 heteroatoms. The fourth-order valence-corrected chi connectivity index (χ4v) is 3.03. The van der Waals surface area contributed by atoms with E-state index in [0.717, 1.165) is 5.56 Å². The summed E-state index contributed by atoms with van der Waals surface area (Å²) in [6.45, 7) is 3.68. The Balaban J connectivity index is 1.55. The van der Waals surface area contributed by atoms with Crippen molar-refractivity contribution in [1.82, 2.24) is 4.90 Å². The maximum absolute atomic E-state index is 12.1. The van der Waals surface area contributed by atoms with Gasteiger partial charge in [0.25, 0.3) is 0 Å². The maximum Gasteiger partial charge on any atom is 0.302 e. The van der Waals surface area contributed by atoms with Crippen LogP contribution in [0.1, 0.15) is 25.8 Å². The van der Waals surface area contributed by atoms with Gasteiger partial charge in [-0.25, -0.2) is 0 Å². The molecule has 0 saturated carbocycles. The number of likely N-dealkylation sites (tertiary alicyclic amines) is 1. The van der Waals surface area contributed by atoms with E-state index in [9.17, 15) is 14.4 Å². The van der Waals surface area contributed by atoms with Gasteiger partial charge < -0.3 is 19.7 Å². The summed E-state index contributed by atoms with van der Waals surface area (Å²) in [5.74, 6) is 0.805. The van der Waals surface area contributed by atoms with Crippen LogP contribution >= 0.6 is 0 Å². The summed E-state index contributed by atoms with van der Waals surface area (Å²) < 4.78 is 10.9. The van der Waals surface area contributed by atoms with Gasteiger partial charge in [-0.05, 0) is 42.0 Å². The number of rotatable bonds is 6. The number of nitrogens with zero attached hydrogens (tertiary/aromatic N) is 1. The number of esters is 1. The predicted molar refractivity (Wildman–Crippen MR) is 103 cm³/mol. The molecule has 1 fully saturated rings. The van der Waals surface area contributed by atoms with Gasteiger partial charge in [-0.3, -0.25) is 14.4 Å². The Bertz CT molecular complexity index is 861. The molecule has 2 amide bonds. The molecular weight excluding hydrogens is 360 g/mol. The van der Waals surface area contributed by atoms with E-state index in [-0.39, 0.29) is 30.3 Å². The van der Waals surface area contributed by atoms with Crippen LogP contribution in [0.15, 0.2) is 48.5 Å². The number of amides is 2. The molecule has 0 aromatic heterocycles. The number of ether oxygens (including phenoxy) is 2. The fraction of sp³-hybridized carbons (Fsp3) is 0.286. The molecule has 1 aliphatic heterocycles. The lowest BCUT2D eigenvalue weighted by molar-refractivity contribution is -0.145. The minimum absolute atomic E-state index is 0.0224. The Labute approximate surface area is 163 Å². The van der Waals surface area contributed by atoms with Gasteiger partial charge in [0.05, 0.1) is 13.0 Å². The normalized spacial score (nSPS) is 16.0. The molecule has 2 aromatic carbocycles. The molecule has 1 unspecified atom stereocenters. The van der Waals surface area contributed by atoms with Crippen molar-refractivity contribution >= 4 is 23.5 Å². The van der Waals surface area contributed by atoms with Crippen molar-refractivity contribution in [2.75, 3.05) is 11.9 Å². The van der Waals surface area contributed by atoms with Crippen molar-refractivity contribution in [3.63, 3.8) is 0 Å². The smallest absolute Gasteiger partial charge is 0.302 e. The average molecular weight is 382 g/mol. The first-order valence-electron chi connectivity index (χ1n) is 8.98. The highest BCUT2D eigenvalue weighted by Crippen LogP contribution is 2.24. The topological polar surface area (TPSA) is 84.9 Å². The Kier molecular flexibility index (Phi) is 5.93. The summed E-state index contributed by atoms with van der Waals surface area (Å²) in [7, 11) is 0. The highest BCUT2D eigenvalue weighted by atomic mass is 16.5. The van der Waals surface area contributed by atoms with E-state index < -0.39 is 0 Å². The van der Waals surface area contributed by atoms with Crippen molar-refractivity contribution in [3.8, 4) is 11.5 Å². The second-order valence-corrected chi connectivity index (χ2v) is 6.66. The van der Waals surface area contributed by atoms with Crippen LogP contribution in [0, 0.1) is 0 Å². The van der Waals surface area contributed by atoms with Gasteiger partial charge >= 0.3 is 5.97 Å². The van der Waals surface area contributed by atoms with E-state index in [4.69, 9.17) is 9.47 Å². The van der Waals surface area contributed by atoms with Gasteiger partial charge in [-0.15, -0.1) is 0 Å². The predicted octanol–water partition coefficient (Wildman–Crippen LogP) is 3.10. The SMILES string of the molecule is CC(=O)Nc1ccc(Oc2ccc(CN3CC(OC(C)=O)CC3=O)cc2)cc1. The van der Waals surface area contributed by atoms with Crippen LogP contribution < -0.4 is 10.1 Å². The Morgan fingerprint density at radius 2 is 1.64 bits per heavy atom. The molecule has 0 bridgehead atoms. The molecule has 1 heterocycles. The van der Waals surface area contributed by atoms with Crippen LogP contribution in [0.4, 0.5) is 5.69 Å². The summed E-state index contributed by atoms with van der Waals surface area (Å²) in [6.07, 6.45) is -0.136. The lowest BCUT2D eigenvalue weighted by Gasteiger charge is -2.17. The summed E-state index contributed by atoms with van der Waals surface area (Å²) in [6, 6.07) is 14.5. The van der Waals surface area contributed by atoms with E-state index in [1.807, 2.05) is 24.3 Å². The first-order valence-corrected chi connectivity index (χ1v) is 8.98. The maximum atomic E-state index is 12.1. The molecule has 0 aliphatic carbocycles. The van der Waals surface area contributed by atoms with Crippen molar-refractivity contribution < 1.29 is 23.9 Å². The monoisotopic (exact) mass is 382 g/mol. The van der Waals surface area contributed by atoms with E-state index in [2.05, 4.69) is 5.32 Å². The van der Waals surface area contributed by atoms with Crippen LogP contribution in [0.3, 0.4) is 0 Å². The molecule has 2 aromatic rings. The molecule has 1 atom stereocenters. The largest absolute Gasteiger partial charge is 0.460 e. The second-order valence-electron chi connectivity index (χ2n) is 6.66. The van der Waals surface area contributed by atoms with Crippen LogP contribution in [-0.4, -0.2) is 35.3 Å². The number of nitrogens with one attached hydrogen (secondary N) is 1. The Morgan fingerprint density at radius 1 is 1.04 bits per heavy atom. The minimum atomic E-state index is -0.369. The summed E-state index contributed by atoms with van der Waals surface area (Å²) >= 11 is 0. The van der Waals surface area contributed by atoms with Crippen molar-refractivity contribution in [2.24, 2.45) is 0 Å². The molecule has 146 valence electrons. The van der Waals surface area contributed by atoms with Gasteiger partial charge in [-0.1, -0.05) is 12.1 Å². The van der Waals surface area contributed by atoms with E-state index in [0.29, 0.717) is 30.3 Å². The highest BCUT2D eigenvalue weighted by molar-refractivity contribution is 5.88. The first kappa shape index (κ1) is 19.4. The molecule has 28 heavy (non-hydrogen) atoms. The average Bonchev–Trinajstić information content (AvgIpc) is 2.96. The van der Waals surface area contributed by atoms with Crippen LogP contribution in [0.25, 0.3) is 0 Å². The number of carbonyl (C=O) groups excluding carboxylic acids is 3. The molecular formula is C21H22N2O5. The summed E-state index contributed by atoms with van der Waals surface area (Å²) in [5, 5.41) is 2.70. The third-order valence-electron chi connectivity index (χ3n) is 4.22. The van der Waals surface area contributed by atoms with Crippen LogP contribution in [0.5, 0.6) is 11.5 Å². The highest BCUT2D eigenvalue weighted by Gasteiger charge is 2.31. The quantitative estimate of drug-likeness (QED) is 0.776. The molecule has 0 radical (unpaired) electrons. The van der Waals surface area contributed by atoms with Crippen molar-refractivity contribution in [3.05, 3.63) is 54.1 Å². The summed E-state index contributed by atoms with van der Waals surface area (Å²) in [5.41, 5.74) is 1.67. The third kappa shape index (κ3) is 5.33. The third-order valence-corrected chi connectivity index (χ3v) is 4.22. The fourth-order valence-electron chi connectivity index (χ4n) is 3.03. The number of carbonyl (C=O) groups is 3. The van der Waals surface area contributed by atoms with E-state index >= 15 is 0 Å². The summed E-state index contributed by atoms with van der Waals surface area (Å²) in [4.78, 5) is 35.8. The van der Waals surface area contributed by atoms with Gasteiger partial charge in [0.1, 0.15) is 17.6 Å². The standard InChI is InChI=1S/C21H22N2O5/c1-14(24)22-17-5-9-19(10-6-17)28-18-7-3-16(4-8-18)12-23-13-20(11-21(23)26)27-15(2)25/h3-10,20H,11-13H2,1-2H3,(H,22,24). The molecule has 1 aliphatic rings. The lowest BCUT2D eigenvalue weighted by atomic mass is 10.2. The van der Waals surface area contributed by atoms with Gasteiger partial charge in [0, 0.05) is 26.1 Å². The molecule has 7 nitrogen and oxygen atoms in total. The van der Waals surface area contributed by atoms with Crippen LogP contribution in [0.2, 0.25) is 0 Å². The Morgan fingerprint density at radius 3 is 2.21 bits per heavy atom. The first-order chi connectivity index (χ1) is 13.4. The van der Waals surface area contributed by atoms with Crippen molar-refractivity contribution in [1.29, 1.82) is 0 Å². The zero-order valence-electron chi connectivity index (χ0n) is 15.8. The number of hydrogen-bond donors (Lipinski definition) is 1. The van der Waals surface area contributed by atoms with E-state index in [1.165, 1.54) is 13.8 Å². The van der Waals surface area contributed by atoms with Gasteiger partial charge in [0.15, 0.2) is 0 Å². The van der Waals surface area contributed by atoms with Crippen molar-refractivity contribution in [2.45, 2.75) is 32.9 Å². The molecule has 1 N–H and O–H groups in total. The second kappa shape index (κ2) is 8.56. The van der Waals surface area contributed by atoms with Crippen LogP contribution in [-0.2, 0) is 25.7 Å². The minimum Gasteiger partial charge on any atom is -0.460 e. The number of benzene rings is 2. The van der Waals surface area contributed by atoms with Gasteiger partial charge in [-0.2, -0.15) is 0 Å².